The summed E-state index contributed by atoms with van der Waals surface area (Å²) in [6, 6.07) is -0.526. The van der Waals surface area contributed by atoms with Crippen LogP contribution in [0.1, 0.15) is 27.2 Å². The van der Waals surface area contributed by atoms with E-state index < -0.39 is 23.9 Å². The number of carbonyl (C=O) groups is 1. The van der Waals surface area contributed by atoms with Gasteiger partial charge in [0.15, 0.2) is 0 Å². The summed E-state index contributed by atoms with van der Waals surface area (Å²) in [4.78, 5) is 11.3. The van der Waals surface area contributed by atoms with Crippen LogP contribution in [0.3, 0.4) is 0 Å². The van der Waals surface area contributed by atoms with Gasteiger partial charge in [0, 0.05) is 20.0 Å². The third-order valence-electron chi connectivity index (χ3n) is 3.84. The molecule has 1 fully saturated rings. The van der Waals surface area contributed by atoms with Gasteiger partial charge >= 0.3 is 0 Å². The normalized spacial score (nSPS) is 39.1. The average molecular weight is 275 g/mol. The zero-order valence-corrected chi connectivity index (χ0v) is 12.0. The maximum Gasteiger partial charge on any atom is 0.217 e. The summed E-state index contributed by atoms with van der Waals surface area (Å²) in [6.07, 6.45) is -0.614. The highest BCUT2D eigenvalue weighted by molar-refractivity contribution is 5.73. The highest BCUT2D eigenvalue weighted by Crippen LogP contribution is 2.36. The van der Waals surface area contributed by atoms with E-state index in [-0.39, 0.29) is 25.0 Å². The van der Waals surface area contributed by atoms with E-state index in [0.717, 1.165) is 0 Å². The Morgan fingerprint density at radius 2 is 2.16 bits per heavy atom. The fourth-order valence-electron chi connectivity index (χ4n) is 2.88. The van der Waals surface area contributed by atoms with Gasteiger partial charge in [-0.2, -0.15) is 0 Å². The van der Waals surface area contributed by atoms with Crippen molar-refractivity contribution < 1.29 is 24.5 Å². The maximum absolute atomic E-state index is 11.3. The number of hydrogen-bond donors (Lipinski definition) is 3. The largest absolute Gasteiger partial charge is 0.393 e. The van der Waals surface area contributed by atoms with Gasteiger partial charge < -0.3 is 25.0 Å². The Balaban J connectivity index is 2.99. The fourth-order valence-corrected chi connectivity index (χ4v) is 2.88. The highest BCUT2D eigenvalue weighted by Gasteiger charge is 2.50. The Kier molecular flexibility index (Phi) is 5.73. The molecule has 0 radical (unpaired) electrons. The number of hydrogen-bond acceptors (Lipinski definition) is 5. The fraction of sp³-hybridized carbons (Fsp3) is 0.923. The van der Waals surface area contributed by atoms with E-state index in [1.54, 1.807) is 6.92 Å². The molecule has 1 amide bonds. The first kappa shape index (κ1) is 16.4. The van der Waals surface area contributed by atoms with Gasteiger partial charge in [0.25, 0.3) is 0 Å². The van der Waals surface area contributed by atoms with Crippen molar-refractivity contribution in [3.8, 4) is 0 Å². The summed E-state index contributed by atoms with van der Waals surface area (Å²) in [7, 11) is 1.53. The molecule has 0 saturated carbocycles. The number of aliphatic hydroxyl groups is 2. The van der Waals surface area contributed by atoms with Crippen molar-refractivity contribution in [2.24, 2.45) is 5.92 Å². The zero-order chi connectivity index (χ0) is 14.6. The smallest absolute Gasteiger partial charge is 0.217 e. The third kappa shape index (κ3) is 3.45. The molecule has 0 aromatic heterocycles. The predicted molar refractivity (Wildman–Crippen MR) is 69.6 cm³/mol. The van der Waals surface area contributed by atoms with Crippen LogP contribution in [0.25, 0.3) is 0 Å². The Labute approximate surface area is 114 Å². The van der Waals surface area contributed by atoms with E-state index in [1.807, 2.05) is 6.92 Å². The van der Waals surface area contributed by atoms with Gasteiger partial charge in [-0.1, -0.05) is 6.92 Å². The predicted octanol–water partition coefficient (Wildman–Crippen LogP) is -0.326. The van der Waals surface area contributed by atoms with Crippen molar-refractivity contribution in [1.82, 2.24) is 5.32 Å². The van der Waals surface area contributed by atoms with Crippen LogP contribution in [0.2, 0.25) is 0 Å². The van der Waals surface area contributed by atoms with Gasteiger partial charge in [0.05, 0.1) is 31.0 Å². The summed E-state index contributed by atoms with van der Waals surface area (Å²) in [5.41, 5.74) is -0.827. The van der Waals surface area contributed by atoms with E-state index in [9.17, 15) is 15.0 Å². The van der Waals surface area contributed by atoms with E-state index in [0.29, 0.717) is 6.42 Å². The van der Waals surface area contributed by atoms with Crippen molar-refractivity contribution in [2.45, 2.75) is 51.0 Å². The lowest BCUT2D eigenvalue weighted by Crippen LogP contribution is -2.66. The van der Waals surface area contributed by atoms with E-state index in [2.05, 4.69) is 5.32 Å². The summed E-state index contributed by atoms with van der Waals surface area (Å²) >= 11 is 0. The number of rotatable bonds is 5. The van der Waals surface area contributed by atoms with Crippen LogP contribution in [0.4, 0.5) is 0 Å². The van der Waals surface area contributed by atoms with Gasteiger partial charge in [-0.05, 0) is 13.3 Å². The number of amides is 1. The number of ether oxygens (including phenoxy) is 2. The van der Waals surface area contributed by atoms with Crippen molar-refractivity contribution >= 4 is 5.91 Å². The van der Waals surface area contributed by atoms with Crippen LogP contribution in [0, 0.1) is 5.92 Å². The molecular weight excluding hydrogens is 250 g/mol. The Hall–Kier alpha value is -0.690. The second kappa shape index (κ2) is 6.65. The van der Waals surface area contributed by atoms with Gasteiger partial charge in [-0.25, -0.2) is 0 Å². The van der Waals surface area contributed by atoms with Crippen molar-refractivity contribution in [3.63, 3.8) is 0 Å². The van der Waals surface area contributed by atoms with Crippen LogP contribution >= 0.6 is 0 Å². The molecule has 5 unspecified atom stereocenters. The quantitative estimate of drug-likeness (QED) is 0.640. The maximum atomic E-state index is 11.3. The van der Waals surface area contributed by atoms with Crippen molar-refractivity contribution in [3.05, 3.63) is 0 Å². The SMILES string of the molecule is CCC1C(O)C(NC(C)=O)C(COC)OC1(C)CO. The molecule has 19 heavy (non-hydrogen) atoms. The second-order valence-corrected chi connectivity index (χ2v) is 5.31. The molecule has 0 aromatic rings. The average Bonchev–Trinajstić information content (AvgIpc) is 2.34. The molecule has 6 nitrogen and oxygen atoms in total. The first-order valence-corrected chi connectivity index (χ1v) is 6.62. The minimum Gasteiger partial charge on any atom is -0.393 e. The third-order valence-corrected chi connectivity index (χ3v) is 3.84. The molecule has 0 aromatic carbocycles. The molecular formula is C13H25NO5. The van der Waals surface area contributed by atoms with Gasteiger partial charge in [0.2, 0.25) is 5.91 Å². The highest BCUT2D eigenvalue weighted by atomic mass is 16.6. The van der Waals surface area contributed by atoms with Crippen LogP contribution in [0.5, 0.6) is 0 Å². The lowest BCUT2D eigenvalue weighted by molar-refractivity contribution is -0.230. The van der Waals surface area contributed by atoms with E-state index >= 15 is 0 Å². The molecule has 5 atom stereocenters. The second-order valence-electron chi connectivity index (χ2n) is 5.31. The number of nitrogens with one attached hydrogen (secondary N) is 1. The summed E-state index contributed by atoms with van der Waals surface area (Å²) < 4.78 is 11.0. The molecule has 1 aliphatic rings. The molecule has 0 spiro atoms. The topological polar surface area (TPSA) is 88.0 Å². The first-order chi connectivity index (χ1) is 8.89. The van der Waals surface area contributed by atoms with Crippen molar-refractivity contribution in [2.75, 3.05) is 20.3 Å². The molecule has 3 N–H and O–H groups in total. The minimum absolute atomic E-state index is 0.185. The lowest BCUT2D eigenvalue weighted by atomic mass is 9.76. The Morgan fingerprint density at radius 1 is 1.53 bits per heavy atom. The van der Waals surface area contributed by atoms with E-state index in [4.69, 9.17) is 9.47 Å². The molecule has 112 valence electrons. The van der Waals surface area contributed by atoms with Crippen molar-refractivity contribution in [1.29, 1.82) is 0 Å². The van der Waals surface area contributed by atoms with Crippen LogP contribution < -0.4 is 5.32 Å². The molecule has 1 saturated heterocycles. The molecule has 0 bridgehead atoms. The lowest BCUT2D eigenvalue weighted by Gasteiger charge is -2.50. The summed E-state index contributed by atoms with van der Waals surface area (Å²) in [6.45, 7) is 5.16. The number of methoxy groups -OCH3 is 1. The number of carbonyl (C=O) groups excluding carboxylic acids is 1. The van der Waals surface area contributed by atoms with E-state index in [1.165, 1.54) is 14.0 Å². The molecule has 1 heterocycles. The Bertz CT molecular complexity index is 309. The van der Waals surface area contributed by atoms with Crippen LogP contribution in [-0.4, -0.2) is 60.3 Å². The number of aliphatic hydroxyl groups excluding tert-OH is 2. The molecule has 0 aliphatic carbocycles. The van der Waals surface area contributed by atoms with Crippen LogP contribution in [-0.2, 0) is 14.3 Å². The van der Waals surface area contributed by atoms with Gasteiger partial charge in [-0.3, -0.25) is 4.79 Å². The van der Waals surface area contributed by atoms with Gasteiger partial charge in [-0.15, -0.1) is 0 Å². The van der Waals surface area contributed by atoms with Gasteiger partial charge in [0.1, 0.15) is 6.10 Å². The molecule has 6 heteroatoms. The standard InChI is InChI=1S/C13H25NO5/c1-5-9-12(17)11(14-8(2)16)10(6-18-4)19-13(9,3)7-15/h9-12,15,17H,5-7H2,1-4H3,(H,14,16). The summed E-state index contributed by atoms with van der Waals surface area (Å²) in [5.74, 6) is -0.473. The Morgan fingerprint density at radius 3 is 2.58 bits per heavy atom. The van der Waals surface area contributed by atoms with Crippen LogP contribution in [0.15, 0.2) is 0 Å². The molecule has 1 aliphatic heterocycles. The summed E-state index contributed by atoms with van der Waals surface area (Å²) in [5, 5.41) is 22.8. The zero-order valence-electron chi connectivity index (χ0n) is 12.0. The molecule has 1 rings (SSSR count). The minimum atomic E-state index is -0.827. The first-order valence-electron chi connectivity index (χ1n) is 6.62. The monoisotopic (exact) mass is 275 g/mol.